The number of aliphatic carboxylic acids is 1. The standard InChI is InChI=1S/C15H14N2O4/c18-14(19)7-17(10-1-2-10)15-11-6-13-12(20-8-21-13)5-9(11)3-4-16-15/h3-6,10H,1-2,7-8H2,(H,18,19). The van der Waals surface area contributed by atoms with Gasteiger partial charge in [0.2, 0.25) is 6.79 Å². The predicted molar refractivity (Wildman–Crippen MR) is 75.9 cm³/mol. The van der Waals surface area contributed by atoms with Crippen molar-refractivity contribution >= 4 is 22.6 Å². The van der Waals surface area contributed by atoms with Crippen molar-refractivity contribution in [3.05, 3.63) is 24.4 Å². The minimum atomic E-state index is -0.846. The summed E-state index contributed by atoms with van der Waals surface area (Å²) in [7, 11) is 0. The maximum atomic E-state index is 11.1. The zero-order valence-electron chi connectivity index (χ0n) is 11.3. The smallest absolute Gasteiger partial charge is 0.323 e. The third kappa shape index (κ3) is 2.12. The second kappa shape index (κ2) is 4.51. The average Bonchev–Trinajstić information content (AvgIpc) is 3.20. The number of rotatable bonds is 4. The molecule has 2 heterocycles. The Balaban J connectivity index is 1.85. The van der Waals surface area contributed by atoms with Crippen LogP contribution in [-0.2, 0) is 4.79 Å². The van der Waals surface area contributed by atoms with Crippen LogP contribution in [0.4, 0.5) is 5.82 Å². The molecule has 21 heavy (non-hydrogen) atoms. The number of pyridine rings is 1. The van der Waals surface area contributed by atoms with E-state index in [9.17, 15) is 4.79 Å². The largest absolute Gasteiger partial charge is 0.480 e. The third-order valence-electron chi connectivity index (χ3n) is 3.80. The van der Waals surface area contributed by atoms with Gasteiger partial charge in [0.05, 0.1) is 0 Å². The van der Waals surface area contributed by atoms with Crippen LogP contribution in [0.1, 0.15) is 12.8 Å². The number of anilines is 1. The summed E-state index contributed by atoms with van der Waals surface area (Å²) in [5.74, 6) is 1.26. The number of aromatic nitrogens is 1. The predicted octanol–water partition coefficient (Wildman–Crippen LogP) is 2.02. The number of carboxylic acids is 1. The average molecular weight is 286 g/mol. The number of benzene rings is 1. The normalized spacial score (nSPS) is 16.2. The summed E-state index contributed by atoms with van der Waals surface area (Å²) in [6.07, 6.45) is 3.73. The van der Waals surface area contributed by atoms with Gasteiger partial charge in [0, 0.05) is 17.6 Å². The number of carbonyl (C=O) groups is 1. The van der Waals surface area contributed by atoms with Crippen LogP contribution in [0, 0.1) is 0 Å². The molecule has 1 aromatic heterocycles. The van der Waals surface area contributed by atoms with E-state index in [2.05, 4.69) is 4.98 Å². The Morgan fingerprint density at radius 2 is 2.10 bits per heavy atom. The Morgan fingerprint density at radius 3 is 2.81 bits per heavy atom. The molecule has 0 radical (unpaired) electrons. The minimum absolute atomic E-state index is 0.0365. The molecule has 2 aromatic rings. The summed E-state index contributed by atoms with van der Waals surface area (Å²) in [6.45, 7) is 0.182. The van der Waals surface area contributed by atoms with Gasteiger partial charge in [-0.15, -0.1) is 0 Å². The lowest BCUT2D eigenvalue weighted by atomic mass is 10.1. The van der Waals surface area contributed by atoms with Crippen LogP contribution in [0.25, 0.3) is 10.8 Å². The summed E-state index contributed by atoms with van der Waals surface area (Å²) in [6, 6.07) is 5.96. The lowest BCUT2D eigenvalue weighted by Gasteiger charge is -2.22. The molecule has 1 aliphatic carbocycles. The van der Waals surface area contributed by atoms with Gasteiger partial charge >= 0.3 is 5.97 Å². The van der Waals surface area contributed by atoms with Crippen molar-refractivity contribution in [3.63, 3.8) is 0 Å². The Bertz CT molecular complexity index is 727. The minimum Gasteiger partial charge on any atom is -0.480 e. The molecule has 0 atom stereocenters. The lowest BCUT2D eigenvalue weighted by molar-refractivity contribution is -0.135. The maximum Gasteiger partial charge on any atom is 0.323 e. The third-order valence-corrected chi connectivity index (χ3v) is 3.80. The Labute approximate surface area is 120 Å². The van der Waals surface area contributed by atoms with Crippen molar-refractivity contribution in [1.29, 1.82) is 0 Å². The Kier molecular flexibility index (Phi) is 2.63. The van der Waals surface area contributed by atoms with Crippen molar-refractivity contribution in [1.82, 2.24) is 4.98 Å². The Morgan fingerprint density at radius 1 is 1.33 bits per heavy atom. The number of hydrogen-bond acceptors (Lipinski definition) is 5. The highest BCUT2D eigenvalue weighted by atomic mass is 16.7. The van der Waals surface area contributed by atoms with E-state index < -0.39 is 5.97 Å². The van der Waals surface area contributed by atoms with Gasteiger partial charge in [-0.2, -0.15) is 0 Å². The molecule has 0 unspecified atom stereocenters. The molecule has 6 heteroatoms. The summed E-state index contributed by atoms with van der Waals surface area (Å²) in [4.78, 5) is 17.4. The van der Waals surface area contributed by atoms with Crippen LogP contribution in [0.2, 0.25) is 0 Å². The molecule has 1 aliphatic heterocycles. The van der Waals surface area contributed by atoms with Crippen molar-refractivity contribution in [2.75, 3.05) is 18.2 Å². The highest BCUT2D eigenvalue weighted by Gasteiger charge is 2.32. The van der Waals surface area contributed by atoms with E-state index in [-0.39, 0.29) is 19.4 Å². The summed E-state index contributed by atoms with van der Waals surface area (Å²) in [5, 5.41) is 11.0. The molecule has 6 nitrogen and oxygen atoms in total. The van der Waals surface area contributed by atoms with E-state index in [1.807, 2.05) is 23.1 Å². The van der Waals surface area contributed by atoms with Gasteiger partial charge in [0.25, 0.3) is 0 Å². The van der Waals surface area contributed by atoms with Crippen molar-refractivity contribution in [3.8, 4) is 11.5 Å². The molecular formula is C15H14N2O4. The van der Waals surface area contributed by atoms with Crippen LogP contribution in [0.5, 0.6) is 11.5 Å². The van der Waals surface area contributed by atoms with Gasteiger partial charge in [-0.3, -0.25) is 4.79 Å². The first-order chi connectivity index (χ1) is 10.2. The van der Waals surface area contributed by atoms with Gasteiger partial charge in [0.1, 0.15) is 12.4 Å². The molecular weight excluding hydrogens is 272 g/mol. The fraction of sp³-hybridized carbons (Fsp3) is 0.333. The van der Waals surface area contributed by atoms with Gasteiger partial charge in [-0.1, -0.05) is 0 Å². The molecule has 1 aromatic carbocycles. The summed E-state index contributed by atoms with van der Waals surface area (Å²) in [5.41, 5.74) is 0. The number of hydrogen-bond donors (Lipinski definition) is 1. The van der Waals surface area contributed by atoms with E-state index in [0.29, 0.717) is 11.6 Å². The second-order valence-corrected chi connectivity index (χ2v) is 5.31. The first-order valence-electron chi connectivity index (χ1n) is 6.89. The van der Waals surface area contributed by atoms with Crippen molar-refractivity contribution in [2.24, 2.45) is 0 Å². The van der Waals surface area contributed by atoms with Crippen LogP contribution in [-0.4, -0.2) is 35.4 Å². The first kappa shape index (κ1) is 12.3. The fourth-order valence-electron chi connectivity index (χ4n) is 2.68. The van der Waals surface area contributed by atoms with Crippen LogP contribution < -0.4 is 14.4 Å². The van der Waals surface area contributed by atoms with E-state index in [4.69, 9.17) is 14.6 Å². The SMILES string of the molecule is O=C(O)CN(c1nccc2cc3c(cc12)OCO3)C1CC1. The lowest BCUT2D eigenvalue weighted by Crippen LogP contribution is -2.32. The summed E-state index contributed by atoms with van der Waals surface area (Å²) < 4.78 is 10.8. The van der Waals surface area contributed by atoms with Crippen molar-refractivity contribution < 1.29 is 19.4 Å². The molecule has 108 valence electrons. The van der Waals surface area contributed by atoms with Gasteiger partial charge in [0.15, 0.2) is 11.5 Å². The van der Waals surface area contributed by atoms with Gasteiger partial charge < -0.3 is 19.5 Å². The molecule has 1 saturated carbocycles. The molecule has 2 aliphatic rings. The second-order valence-electron chi connectivity index (χ2n) is 5.31. The number of ether oxygens (including phenoxy) is 2. The van der Waals surface area contributed by atoms with E-state index >= 15 is 0 Å². The number of fused-ring (bicyclic) bond motifs is 2. The Hall–Kier alpha value is -2.50. The monoisotopic (exact) mass is 286 g/mol. The summed E-state index contributed by atoms with van der Waals surface area (Å²) >= 11 is 0. The van der Waals surface area contributed by atoms with Gasteiger partial charge in [-0.25, -0.2) is 4.98 Å². The molecule has 1 N–H and O–H groups in total. The zero-order chi connectivity index (χ0) is 14.4. The first-order valence-corrected chi connectivity index (χ1v) is 6.89. The topological polar surface area (TPSA) is 71.9 Å². The highest BCUT2D eigenvalue weighted by molar-refractivity contribution is 5.95. The van der Waals surface area contributed by atoms with Crippen LogP contribution >= 0.6 is 0 Å². The number of carboxylic acid groups (broad SMARTS) is 1. The van der Waals surface area contributed by atoms with Crippen LogP contribution in [0.3, 0.4) is 0 Å². The highest BCUT2D eigenvalue weighted by Crippen LogP contribution is 2.40. The van der Waals surface area contributed by atoms with E-state index in [0.717, 1.165) is 29.4 Å². The molecule has 0 spiro atoms. The zero-order valence-corrected chi connectivity index (χ0v) is 11.3. The number of nitrogens with zero attached hydrogens (tertiary/aromatic N) is 2. The molecule has 0 saturated heterocycles. The molecule has 0 amide bonds. The fourth-order valence-corrected chi connectivity index (χ4v) is 2.68. The molecule has 1 fully saturated rings. The van der Waals surface area contributed by atoms with E-state index in [1.54, 1.807) is 6.20 Å². The van der Waals surface area contributed by atoms with Crippen LogP contribution in [0.15, 0.2) is 24.4 Å². The molecule has 4 rings (SSSR count). The van der Waals surface area contributed by atoms with Gasteiger partial charge in [-0.05, 0) is 36.4 Å². The van der Waals surface area contributed by atoms with Crippen molar-refractivity contribution in [2.45, 2.75) is 18.9 Å². The molecule has 0 bridgehead atoms. The maximum absolute atomic E-state index is 11.1. The quantitative estimate of drug-likeness (QED) is 0.927. The van der Waals surface area contributed by atoms with E-state index in [1.165, 1.54) is 0 Å².